The first-order valence-corrected chi connectivity index (χ1v) is 11.7. The summed E-state index contributed by atoms with van der Waals surface area (Å²) in [7, 11) is -3.74. The number of anilines is 1. The van der Waals surface area contributed by atoms with E-state index in [4.69, 9.17) is 0 Å². The van der Waals surface area contributed by atoms with Crippen molar-refractivity contribution in [2.45, 2.75) is 38.6 Å². The Morgan fingerprint density at radius 1 is 0.871 bits per heavy atom. The summed E-state index contributed by atoms with van der Waals surface area (Å²) in [5.74, 6) is -0.0633. The molecule has 1 amide bonds. The molecule has 5 nitrogen and oxygen atoms in total. The number of benzene rings is 3. The van der Waals surface area contributed by atoms with Crippen LogP contribution in [0.3, 0.4) is 0 Å². The van der Waals surface area contributed by atoms with E-state index in [1.165, 1.54) is 0 Å². The van der Waals surface area contributed by atoms with E-state index >= 15 is 0 Å². The Labute approximate surface area is 184 Å². The first-order chi connectivity index (χ1) is 14.7. The van der Waals surface area contributed by atoms with E-state index in [1.807, 2.05) is 38.1 Å². The van der Waals surface area contributed by atoms with E-state index in [0.29, 0.717) is 11.3 Å². The standard InChI is InChI=1S/C25H28N2O3S/c1-17(2)24(23-11-6-5-8-19(23)4)26-25(28)20-9-7-10-21(16-20)27-31(29,30)22-14-12-18(3)13-15-22/h5-17,24,27H,1-4H3,(H,26,28)/t24-/m0/s1. The number of rotatable bonds is 7. The fourth-order valence-corrected chi connectivity index (χ4v) is 4.47. The van der Waals surface area contributed by atoms with Crippen LogP contribution < -0.4 is 10.0 Å². The maximum atomic E-state index is 13.0. The van der Waals surface area contributed by atoms with Gasteiger partial charge < -0.3 is 5.32 Å². The van der Waals surface area contributed by atoms with Gasteiger partial charge in [0.15, 0.2) is 0 Å². The number of amides is 1. The molecule has 0 unspecified atom stereocenters. The topological polar surface area (TPSA) is 75.3 Å². The van der Waals surface area contributed by atoms with Gasteiger partial charge in [0, 0.05) is 11.3 Å². The molecule has 0 aromatic heterocycles. The summed E-state index contributed by atoms with van der Waals surface area (Å²) in [5, 5.41) is 3.10. The van der Waals surface area contributed by atoms with E-state index < -0.39 is 10.0 Å². The van der Waals surface area contributed by atoms with Crippen LogP contribution in [0.2, 0.25) is 0 Å². The van der Waals surface area contributed by atoms with Gasteiger partial charge >= 0.3 is 0 Å². The fourth-order valence-electron chi connectivity index (χ4n) is 3.42. The lowest BCUT2D eigenvalue weighted by Crippen LogP contribution is -2.32. The second-order valence-electron chi connectivity index (χ2n) is 8.05. The fraction of sp³-hybridized carbons (Fsp3) is 0.240. The first-order valence-electron chi connectivity index (χ1n) is 10.2. The minimum Gasteiger partial charge on any atom is -0.345 e. The lowest BCUT2D eigenvalue weighted by atomic mass is 9.92. The number of carbonyl (C=O) groups excluding carboxylic acids is 1. The van der Waals surface area contributed by atoms with E-state index in [1.54, 1.807) is 48.5 Å². The van der Waals surface area contributed by atoms with Crippen molar-refractivity contribution >= 4 is 21.6 Å². The molecule has 0 radical (unpaired) electrons. The third-order valence-corrected chi connectivity index (χ3v) is 6.58. The van der Waals surface area contributed by atoms with E-state index in [9.17, 15) is 13.2 Å². The van der Waals surface area contributed by atoms with Gasteiger partial charge in [0.2, 0.25) is 0 Å². The molecular weight excluding hydrogens is 408 g/mol. The Morgan fingerprint density at radius 2 is 1.55 bits per heavy atom. The van der Waals surface area contributed by atoms with Crippen LogP contribution >= 0.6 is 0 Å². The summed E-state index contributed by atoms with van der Waals surface area (Å²) >= 11 is 0. The monoisotopic (exact) mass is 436 g/mol. The summed E-state index contributed by atoms with van der Waals surface area (Å²) in [5.41, 5.74) is 3.89. The van der Waals surface area contributed by atoms with Crippen molar-refractivity contribution in [3.8, 4) is 0 Å². The SMILES string of the molecule is Cc1ccc(S(=O)(=O)Nc2cccc(C(=O)N[C@H](c3ccccc3C)C(C)C)c2)cc1. The molecule has 3 aromatic rings. The van der Waals surface area contributed by atoms with Crippen molar-refractivity contribution in [1.29, 1.82) is 0 Å². The molecule has 0 aliphatic heterocycles. The van der Waals surface area contributed by atoms with Crippen molar-refractivity contribution < 1.29 is 13.2 Å². The Bertz CT molecular complexity index is 1170. The second kappa shape index (κ2) is 9.35. The number of hydrogen-bond donors (Lipinski definition) is 2. The van der Waals surface area contributed by atoms with Crippen LogP contribution in [0, 0.1) is 19.8 Å². The summed E-state index contributed by atoms with van der Waals surface area (Å²) in [6.07, 6.45) is 0. The highest BCUT2D eigenvalue weighted by Gasteiger charge is 2.21. The summed E-state index contributed by atoms with van der Waals surface area (Å²) in [6, 6.07) is 21.0. The Hall–Kier alpha value is -3.12. The third-order valence-electron chi connectivity index (χ3n) is 5.19. The minimum atomic E-state index is -3.74. The molecule has 0 fully saturated rings. The smallest absolute Gasteiger partial charge is 0.261 e. The van der Waals surface area contributed by atoms with Crippen molar-refractivity contribution in [1.82, 2.24) is 5.32 Å². The van der Waals surface area contributed by atoms with Crippen LogP contribution in [-0.2, 0) is 10.0 Å². The molecule has 31 heavy (non-hydrogen) atoms. The molecule has 0 saturated carbocycles. The predicted octanol–water partition coefficient (Wildman–Crippen LogP) is 5.23. The van der Waals surface area contributed by atoms with Gasteiger partial charge in [-0.3, -0.25) is 9.52 Å². The van der Waals surface area contributed by atoms with Crippen LogP contribution in [0.5, 0.6) is 0 Å². The van der Waals surface area contributed by atoms with Gasteiger partial charge in [-0.15, -0.1) is 0 Å². The van der Waals surface area contributed by atoms with Crippen molar-refractivity contribution in [2.24, 2.45) is 5.92 Å². The number of aryl methyl sites for hydroxylation is 2. The second-order valence-corrected chi connectivity index (χ2v) is 9.73. The third kappa shape index (κ3) is 5.52. The molecule has 0 spiro atoms. The Kier molecular flexibility index (Phi) is 6.81. The van der Waals surface area contributed by atoms with Gasteiger partial charge in [0.05, 0.1) is 10.9 Å². The van der Waals surface area contributed by atoms with Crippen LogP contribution in [0.1, 0.15) is 46.9 Å². The highest BCUT2D eigenvalue weighted by atomic mass is 32.2. The molecular formula is C25H28N2O3S. The number of carbonyl (C=O) groups is 1. The Balaban J connectivity index is 1.81. The molecule has 3 rings (SSSR count). The number of hydrogen-bond acceptors (Lipinski definition) is 3. The van der Waals surface area contributed by atoms with Gasteiger partial charge in [-0.25, -0.2) is 8.42 Å². The highest BCUT2D eigenvalue weighted by Crippen LogP contribution is 2.25. The van der Waals surface area contributed by atoms with E-state index in [2.05, 4.69) is 23.9 Å². The maximum absolute atomic E-state index is 13.0. The summed E-state index contributed by atoms with van der Waals surface area (Å²) in [4.78, 5) is 13.2. The zero-order chi connectivity index (χ0) is 22.6. The highest BCUT2D eigenvalue weighted by molar-refractivity contribution is 7.92. The van der Waals surface area contributed by atoms with Gasteiger partial charge in [-0.05, 0) is 61.2 Å². The molecule has 3 aromatic carbocycles. The van der Waals surface area contributed by atoms with Crippen molar-refractivity contribution in [3.63, 3.8) is 0 Å². The summed E-state index contributed by atoms with van der Waals surface area (Å²) < 4.78 is 27.9. The van der Waals surface area contributed by atoms with E-state index in [-0.39, 0.29) is 22.8 Å². The lowest BCUT2D eigenvalue weighted by Gasteiger charge is -2.24. The van der Waals surface area contributed by atoms with E-state index in [0.717, 1.165) is 16.7 Å². The minimum absolute atomic E-state index is 0.151. The van der Waals surface area contributed by atoms with Gasteiger partial charge in [-0.1, -0.05) is 61.9 Å². The van der Waals surface area contributed by atoms with Crippen molar-refractivity contribution in [3.05, 3.63) is 95.1 Å². The predicted molar refractivity (Wildman–Crippen MR) is 125 cm³/mol. The van der Waals surface area contributed by atoms with Gasteiger partial charge in [-0.2, -0.15) is 0 Å². The van der Waals surface area contributed by atoms with Crippen LogP contribution in [-0.4, -0.2) is 14.3 Å². The quantitative estimate of drug-likeness (QED) is 0.532. The zero-order valence-corrected chi connectivity index (χ0v) is 19.0. The van der Waals surface area contributed by atoms with Crippen molar-refractivity contribution in [2.75, 3.05) is 4.72 Å². The normalized spacial score (nSPS) is 12.4. The Morgan fingerprint density at radius 3 is 2.19 bits per heavy atom. The molecule has 162 valence electrons. The van der Waals surface area contributed by atoms with Crippen LogP contribution in [0.25, 0.3) is 0 Å². The molecule has 1 atom stereocenters. The molecule has 0 aliphatic rings. The summed E-state index contributed by atoms with van der Waals surface area (Å²) in [6.45, 7) is 8.04. The maximum Gasteiger partial charge on any atom is 0.261 e. The lowest BCUT2D eigenvalue weighted by molar-refractivity contribution is 0.0925. The van der Waals surface area contributed by atoms with Gasteiger partial charge in [0.1, 0.15) is 0 Å². The first kappa shape index (κ1) is 22.6. The average Bonchev–Trinajstić information content (AvgIpc) is 2.72. The number of nitrogens with one attached hydrogen (secondary N) is 2. The molecule has 6 heteroatoms. The van der Waals surface area contributed by atoms with Crippen LogP contribution in [0.4, 0.5) is 5.69 Å². The van der Waals surface area contributed by atoms with Crippen LogP contribution in [0.15, 0.2) is 77.7 Å². The molecule has 0 aliphatic carbocycles. The molecule has 0 bridgehead atoms. The largest absolute Gasteiger partial charge is 0.345 e. The zero-order valence-electron chi connectivity index (χ0n) is 18.2. The number of sulfonamides is 1. The average molecular weight is 437 g/mol. The van der Waals surface area contributed by atoms with Gasteiger partial charge in [0.25, 0.3) is 15.9 Å². The molecule has 0 heterocycles. The molecule has 0 saturated heterocycles. The molecule has 2 N–H and O–H groups in total.